The fourth-order valence-electron chi connectivity index (χ4n) is 1.58. The smallest absolute Gasteiger partial charge is 0.225 e. The maximum absolute atomic E-state index is 11.8. The first-order chi connectivity index (χ1) is 8.25. The van der Waals surface area contributed by atoms with Crippen molar-refractivity contribution in [3.63, 3.8) is 0 Å². The Labute approximate surface area is 105 Å². The first-order valence-electron chi connectivity index (χ1n) is 5.47. The molecule has 3 nitrogen and oxygen atoms in total. The van der Waals surface area contributed by atoms with Crippen LogP contribution in [0.25, 0.3) is 0 Å². The summed E-state index contributed by atoms with van der Waals surface area (Å²) in [6.07, 6.45) is 3.95. The van der Waals surface area contributed by atoms with Crippen molar-refractivity contribution in [2.24, 2.45) is 0 Å². The number of rotatable bonds is 4. The molecular formula is C13H14N2OS. The summed E-state index contributed by atoms with van der Waals surface area (Å²) < 4.78 is 0. The number of thiophene rings is 1. The van der Waals surface area contributed by atoms with Gasteiger partial charge in [-0.1, -0.05) is 12.1 Å². The van der Waals surface area contributed by atoms with E-state index < -0.39 is 0 Å². The lowest BCUT2D eigenvalue weighted by Crippen LogP contribution is -2.27. The Kier molecular flexibility index (Phi) is 3.88. The highest BCUT2D eigenvalue weighted by Crippen LogP contribution is 2.12. The third-order valence-corrected chi connectivity index (χ3v) is 3.35. The summed E-state index contributed by atoms with van der Waals surface area (Å²) in [6, 6.07) is 7.76. The SMILES string of the molecule is CC(NC(=O)Cc1cccs1)c1cccnc1. The zero-order valence-corrected chi connectivity index (χ0v) is 10.4. The number of amides is 1. The van der Waals surface area contributed by atoms with E-state index in [4.69, 9.17) is 0 Å². The molecule has 0 radical (unpaired) electrons. The molecule has 0 aliphatic carbocycles. The largest absolute Gasteiger partial charge is 0.349 e. The van der Waals surface area contributed by atoms with Crippen molar-refractivity contribution < 1.29 is 4.79 Å². The second-order valence-electron chi connectivity index (χ2n) is 3.83. The Morgan fingerprint density at radius 3 is 3.00 bits per heavy atom. The van der Waals surface area contributed by atoms with Crippen LogP contribution in [0.2, 0.25) is 0 Å². The molecule has 0 aromatic carbocycles. The first-order valence-corrected chi connectivity index (χ1v) is 6.35. The summed E-state index contributed by atoms with van der Waals surface area (Å²) in [5, 5.41) is 4.94. The highest BCUT2D eigenvalue weighted by atomic mass is 32.1. The summed E-state index contributed by atoms with van der Waals surface area (Å²) in [7, 11) is 0. The van der Waals surface area contributed by atoms with E-state index in [9.17, 15) is 4.79 Å². The van der Waals surface area contributed by atoms with Crippen LogP contribution in [0.1, 0.15) is 23.4 Å². The quantitative estimate of drug-likeness (QED) is 0.901. The lowest BCUT2D eigenvalue weighted by Gasteiger charge is -2.13. The van der Waals surface area contributed by atoms with Crippen LogP contribution in [0.3, 0.4) is 0 Å². The van der Waals surface area contributed by atoms with Crippen LogP contribution in [0.5, 0.6) is 0 Å². The van der Waals surface area contributed by atoms with Gasteiger partial charge in [-0.05, 0) is 30.0 Å². The average Bonchev–Trinajstić information content (AvgIpc) is 2.82. The number of nitrogens with zero attached hydrogens (tertiary/aromatic N) is 1. The molecule has 2 aromatic rings. The third-order valence-electron chi connectivity index (χ3n) is 2.48. The summed E-state index contributed by atoms with van der Waals surface area (Å²) >= 11 is 1.60. The number of pyridine rings is 1. The van der Waals surface area contributed by atoms with Gasteiger partial charge in [0.1, 0.15) is 0 Å². The van der Waals surface area contributed by atoms with Gasteiger partial charge in [0, 0.05) is 17.3 Å². The molecule has 0 saturated heterocycles. The van der Waals surface area contributed by atoms with Gasteiger partial charge < -0.3 is 5.32 Å². The number of hydrogen-bond acceptors (Lipinski definition) is 3. The standard InChI is InChI=1S/C13H14N2OS/c1-10(11-4-2-6-14-9-11)15-13(16)8-12-5-3-7-17-12/h2-7,9-10H,8H2,1H3,(H,15,16). The molecule has 1 atom stereocenters. The normalized spacial score (nSPS) is 12.1. The van der Waals surface area contributed by atoms with Crippen LogP contribution < -0.4 is 5.32 Å². The van der Waals surface area contributed by atoms with Gasteiger partial charge in [-0.2, -0.15) is 0 Å². The maximum Gasteiger partial charge on any atom is 0.225 e. The van der Waals surface area contributed by atoms with E-state index in [1.54, 1.807) is 23.7 Å². The summed E-state index contributed by atoms with van der Waals surface area (Å²) in [4.78, 5) is 16.9. The molecule has 17 heavy (non-hydrogen) atoms. The van der Waals surface area contributed by atoms with Crippen LogP contribution in [0.4, 0.5) is 0 Å². The van der Waals surface area contributed by atoms with E-state index in [-0.39, 0.29) is 11.9 Å². The van der Waals surface area contributed by atoms with Gasteiger partial charge in [-0.15, -0.1) is 11.3 Å². The fraction of sp³-hybridized carbons (Fsp3) is 0.231. The molecule has 0 aliphatic heterocycles. The Hall–Kier alpha value is -1.68. The molecule has 0 aliphatic rings. The van der Waals surface area contributed by atoms with Crippen molar-refractivity contribution in [1.82, 2.24) is 10.3 Å². The highest BCUT2D eigenvalue weighted by Gasteiger charge is 2.10. The molecule has 1 unspecified atom stereocenters. The van der Waals surface area contributed by atoms with E-state index >= 15 is 0 Å². The molecule has 2 heterocycles. The van der Waals surface area contributed by atoms with Crippen molar-refractivity contribution in [1.29, 1.82) is 0 Å². The summed E-state index contributed by atoms with van der Waals surface area (Å²) in [6.45, 7) is 1.96. The molecule has 88 valence electrons. The Morgan fingerprint density at radius 1 is 1.47 bits per heavy atom. The van der Waals surface area contributed by atoms with Crippen LogP contribution in [-0.2, 0) is 11.2 Å². The molecule has 0 fully saturated rings. The zero-order valence-electron chi connectivity index (χ0n) is 9.59. The Bertz CT molecular complexity index is 467. The number of hydrogen-bond donors (Lipinski definition) is 1. The molecule has 0 saturated carbocycles. The van der Waals surface area contributed by atoms with Gasteiger partial charge in [-0.3, -0.25) is 9.78 Å². The monoisotopic (exact) mass is 246 g/mol. The summed E-state index contributed by atoms with van der Waals surface area (Å²) in [5.41, 5.74) is 1.02. The first kappa shape index (κ1) is 11.8. The second-order valence-corrected chi connectivity index (χ2v) is 4.86. The zero-order chi connectivity index (χ0) is 12.1. The number of aromatic nitrogens is 1. The van der Waals surface area contributed by atoms with Gasteiger partial charge in [0.05, 0.1) is 12.5 Å². The van der Waals surface area contributed by atoms with Crippen LogP contribution >= 0.6 is 11.3 Å². The summed E-state index contributed by atoms with van der Waals surface area (Å²) in [5.74, 6) is 0.0452. The molecule has 2 aromatic heterocycles. The third kappa shape index (κ3) is 3.39. The van der Waals surface area contributed by atoms with Crippen molar-refractivity contribution >= 4 is 17.2 Å². The molecule has 1 N–H and O–H groups in total. The van der Waals surface area contributed by atoms with E-state index in [0.29, 0.717) is 6.42 Å². The fourth-order valence-corrected chi connectivity index (χ4v) is 2.28. The molecular weight excluding hydrogens is 232 g/mol. The van der Waals surface area contributed by atoms with Gasteiger partial charge in [-0.25, -0.2) is 0 Å². The van der Waals surface area contributed by atoms with Gasteiger partial charge in [0.2, 0.25) is 5.91 Å². The average molecular weight is 246 g/mol. The number of nitrogens with one attached hydrogen (secondary N) is 1. The minimum Gasteiger partial charge on any atom is -0.349 e. The van der Waals surface area contributed by atoms with Gasteiger partial charge >= 0.3 is 0 Å². The van der Waals surface area contributed by atoms with E-state index in [1.807, 2.05) is 36.6 Å². The van der Waals surface area contributed by atoms with Crippen LogP contribution in [0, 0.1) is 0 Å². The van der Waals surface area contributed by atoms with Crippen molar-refractivity contribution in [2.45, 2.75) is 19.4 Å². The van der Waals surface area contributed by atoms with Crippen molar-refractivity contribution in [2.75, 3.05) is 0 Å². The minimum atomic E-state index is -0.00355. The molecule has 0 spiro atoms. The lowest BCUT2D eigenvalue weighted by molar-refractivity contribution is -0.121. The van der Waals surface area contributed by atoms with E-state index in [0.717, 1.165) is 10.4 Å². The predicted octanol–water partition coefficient (Wildman–Crippen LogP) is 2.56. The number of carbonyl (C=O) groups is 1. The topological polar surface area (TPSA) is 42.0 Å². The molecule has 1 amide bonds. The molecule has 4 heteroatoms. The van der Waals surface area contributed by atoms with E-state index in [1.165, 1.54) is 0 Å². The minimum absolute atomic E-state index is 0.00355. The van der Waals surface area contributed by atoms with Crippen molar-refractivity contribution in [3.05, 3.63) is 52.5 Å². The van der Waals surface area contributed by atoms with Gasteiger partial charge in [0.15, 0.2) is 0 Å². The van der Waals surface area contributed by atoms with Crippen LogP contribution in [-0.4, -0.2) is 10.9 Å². The second kappa shape index (κ2) is 5.59. The lowest BCUT2D eigenvalue weighted by atomic mass is 10.1. The number of carbonyl (C=O) groups excluding carboxylic acids is 1. The van der Waals surface area contributed by atoms with Gasteiger partial charge in [0.25, 0.3) is 0 Å². The van der Waals surface area contributed by atoms with Crippen LogP contribution in [0.15, 0.2) is 42.0 Å². The van der Waals surface area contributed by atoms with E-state index in [2.05, 4.69) is 10.3 Å². The highest BCUT2D eigenvalue weighted by molar-refractivity contribution is 7.10. The maximum atomic E-state index is 11.8. The predicted molar refractivity (Wildman–Crippen MR) is 68.8 cm³/mol. The Morgan fingerprint density at radius 2 is 2.35 bits per heavy atom. The Balaban J connectivity index is 1.91. The van der Waals surface area contributed by atoms with Crippen molar-refractivity contribution in [3.8, 4) is 0 Å². The molecule has 0 bridgehead atoms. The molecule has 2 rings (SSSR count).